The highest BCUT2D eigenvalue weighted by atomic mass is 16.3. The lowest BCUT2D eigenvalue weighted by atomic mass is 10.2. The van der Waals surface area contributed by atoms with Crippen molar-refractivity contribution in [3.8, 4) is 0 Å². The quantitative estimate of drug-likeness (QED) is 0.856. The van der Waals surface area contributed by atoms with E-state index in [0.29, 0.717) is 0 Å². The van der Waals surface area contributed by atoms with Crippen molar-refractivity contribution in [2.75, 3.05) is 0 Å². The van der Waals surface area contributed by atoms with E-state index in [1.165, 1.54) is 0 Å². The van der Waals surface area contributed by atoms with Crippen LogP contribution >= 0.6 is 0 Å². The fourth-order valence-electron chi connectivity index (χ4n) is 2.08. The van der Waals surface area contributed by atoms with Gasteiger partial charge in [-0.25, -0.2) is 4.98 Å². The first-order valence-electron chi connectivity index (χ1n) is 5.91. The predicted octanol–water partition coefficient (Wildman–Crippen LogP) is 2.89. The second-order valence-corrected chi connectivity index (χ2v) is 4.01. The molecule has 3 heteroatoms. The van der Waals surface area contributed by atoms with Crippen molar-refractivity contribution in [1.82, 2.24) is 9.55 Å². The number of para-hydroxylation sites is 2. The number of aliphatic hydroxyl groups excluding tert-OH is 1. The van der Waals surface area contributed by atoms with Crippen molar-refractivity contribution in [3.63, 3.8) is 0 Å². The highest BCUT2D eigenvalue weighted by molar-refractivity contribution is 5.75. The summed E-state index contributed by atoms with van der Waals surface area (Å²) in [5.41, 5.74) is 2.07. The Morgan fingerprint density at radius 2 is 2.06 bits per heavy atom. The Labute approximate surface area is 95.7 Å². The van der Waals surface area contributed by atoms with Crippen LogP contribution in [0.2, 0.25) is 0 Å². The van der Waals surface area contributed by atoms with Crippen LogP contribution in [-0.4, -0.2) is 14.7 Å². The van der Waals surface area contributed by atoms with Crippen molar-refractivity contribution in [3.05, 3.63) is 30.1 Å². The van der Waals surface area contributed by atoms with Gasteiger partial charge >= 0.3 is 0 Å². The number of imidazole rings is 1. The molecule has 0 radical (unpaired) electrons. The molecule has 0 saturated heterocycles. The third kappa shape index (κ3) is 1.83. The van der Waals surface area contributed by atoms with Gasteiger partial charge in [0, 0.05) is 6.54 Å². The van der Waals surface area contributed by atoms with Gasteiger partial charge in [-0.3, -0.25) is 0 Å². The molecule has 0 spiro atoms. The van der Waals surface area contributed by atoms with E-state index in [9.17, 15) is 5.11 Å². The maximum absolute atomic E-state index is 10.1. The standard InChI is InChI=1S/C13H18N2O/c1-3-7-12(16)13-14-10-8-5-6-9-11(10)15(13)4-2/h5-6,8-9,12,16H,3-4,7H2,1-2H3/t12-/m1/s1. The highest BCUT2D eigenvalue weighted by Gasteiger charge is 2.15. The topological polar surface area (TPSA) is 38.1 Å². The molecule has 0 bridgehead atoms. The number of aliphatic hydroxyl groups is 1. The molecule has 1 heterocycles. The summed E-state index contributed by atoms with van der Waals surface area (Å²) in [6.07, 6.45) is 1.29. The molecule has 0 aliphatic carbocycles. The molecule has 0 unspecified atom stereocenters. The first-order chi connectivity index (χ1) is 7.77. The number of nitrogens with zero attached hydrogens (tertiary/aromatic N) is 2. The fraction of sp³-hybridized carbons (Fsp3) is 0.462. The van der Waals surface area contributed by atoms with Gasteiger partial charge in [-0.2, -0.15) is 0 Å². The summed E-state index contributed by atoms with van der Waals surface area (Å²) in [5, 5.41) is 10.1. The number of fused-ring (bicyclic) bond motifs is 1. The van der Waals surface area contributed by atoms with Crippen LogP contribution in [0.5, 0.6) is 0 Å². The molecular weight excluding hydrogens is 200 g/mol. The minimum absolute atomic E-state index is 0.447. The lowest BCUT2D eigenvalue weighted by Crippen LogP contribution is -2.07. The minimum Gasteiger partial charge on any atom is -0.385 e. The van der Waals surface area contributed by atoms with E-state index >= 15 is 0 Å². The van der Waals surface area contributed by atoms with Gasteiger partial charge in [-0.05, 0) is 25.5 Å². The molecule has 0 saturated carbocycles. The van der Waals surface area contributed by atoms with Crippen molar-refractivity contribution in [2.24, 2.45) is 0 Å². The first-order valence-corrected chi connectivity index (χ1v) is 5.91. The van der Waals surface area contributed by atoms with Gasteiger partial charge in [-0.15, -0.1) is 0 Å². The smallest absolute Gasteiger partial charge is 0.138 e. The average Bonchev–Trinajstić information content (AvgIpc) is 2.67. The number of aromatic nitrogens is 2. The first kappa shape index (κ1) is 11.1. The molecule has 1 aromatic heterocycles. The van der Waals surface area contributed by atoms with E-state index in [1.54, 1.807) is 0 Å². The summed E-state index contributed by atoms with van der Waals surface area (Å²) in [4.78, 5) is 4.52. The van der Waals surface area contributed by atoms with Crippen LogP contribution in [0.15, 0.2) is 24.3 Å². The average molecular weight is 218 g/mol. The molecule has 16 heavy (non-hydrogen) atoms. The van der Waals surface area contributed by atoms with Crippen LogP contribution in [0, 0.1) is 0 Å². The van der Waals surface area contributed by atoms with Crippen molar-refractivity contribution in [2.45, 2.75) is 39.3 Å². The molecule has 2 aromatic rings. The van der Waals surface area contributed by atoms with Gasteiger partial charge < -0.3 is 9.67 Å². The molecule has 0 amide bonds. The van der Waals surface area contributed by atoms with E-state index in [2.05, 4.69) is 23.4 Å². The zero-order valence-electron chi connectivity index (χ0n) is 9.85. The number of benzene rings is 1. The van der Waals surface area contributed by atoms with Crippen molar-refractivity contribution in [1.29, 1.82) is 0 Å². The monoisotopic (exact) mass is 218 g/mol. The molecule has 0 fully saturated rings. The molecule has 86 valence electrons. The van der Waals surface area contributed by atoms with Crippen LogP contribution in [0.3, 0.4) is 0 Å². The summed E-state index contributed by atoms with van der Waals surface area (Å²) >= 11 is 0. The summed E-state index contributed by atoms with van der Waals surface area (Å²) in [6.45, 7) is 5.00. The van der Waals surface area contributed by atoms with Crippen LogP contribution in [0.1, 0.15) is 38.6 Å². The summed E-state index contributed by atoms with van der Waals surface area (Å²) < 4.78 is 2.09. The second-order valence-electron chi connectivity index (χ2n) is 4.01. The molecule has 0 aliphatic rings. The zero-order chi connectivity index (χ0) is 11.5. The molecule has 1 N–H and O–H groups in total. The Hall–Kier alpha value is -1.35. The molecule has 1 atom stereocenters. The van der Waals surface area contributed by atoms with E-state index in [4.69, 9.17) is 0 Å². The lowest BCUT2D eigenvalue weighted by molar-refractivity contribution is 0.153. The lowest BCUT2D eigenvalue weighted by Gasteiger charge is -2.11. The van der Waals surface area contributed by atoms with Crippen LogP contribution in [0.4, 0.5) is 0 Å². The van der Waals surface area contributed by atoms with Gasteiger partial charge in [0.2, 0.25) is 0 Å². The molecule has 3 nitrogen and oxygen atoms in total. The number of hydrogen-bond acceptors (Lipinski definition) is 2. The molecule has 2 rings (SSSR count). The van der Waals surface area contributed by atoms with E-state index in [1.807, 2.05) is 24.3 Å². The Balaban J connectivity index is 2.51. The van der Waals surface area contributed by atoms with Crippen LogP contribution in [-0.2, 0) is 6.54 Å². The van der Waals surface area contributed by atoms with Gasteiger partial charge in [0.25, 0.3) is 0 Å². The number of rotatable bonds is 4. The Morgan fingerprint density at radius 3 is 2.75 bits per heavy atom. The predicted molar refractivity (Wildman–Crippen MR) is 65.3 cm³/mol. The van der Waals surface area contributed by atoms with Gasteiger partial charge in [-0.1, -0.05) is 25.5 Å². The molecule has 0 aliphatic heterocycles. The Kier molecular flexibility index (Phi) is 3.25. The largest absolute Gasteiger partial charge is 0.385 e. The van der Waals surface area contributed by atoms with Crippen LogP contribution < -0.4 is 0 Å². The Bertz CT molecular complexity index is 476. The molecular formula is C13H18N2O. The molecule has 1 aromatic carbocycles. The number of aryl methyl sites for hydroxylation is 1. The third-order valence-electron chi connectivity index (χ3n) is 2.86. The summed E-state index contributed by atoms with van der Waals surface area (Å²) in [5.74, 6) is 0.797. The van der Waals surface area contributed by atoms with E-state index in [0.717, 1.165) is 36.2 Å². The van der Waals surface area contributed by atoms with Crippen molar-refractivity contribution >= 4 is 11.0 Å². The highest BCUT2D eigenvalue weighted by Crippen LogP contribution is 2.23. The maximum Gasteiger partial charge on any atom is 0.138 e. The van der Waals surface area contributed by atoms with E-state index in [-0.39, 0.29) is 0 Å². The van der Waals surface area contributed by atoms with E-state index < -0.39 is 6.10 Å². The second kappa shape index (κ2) is 4.66. The zero-order valence-corrected chi connectivity index (χ0v) is 9.85. The van der Waals surface area contributed by atoms with Crippen LogP contribution in [0.25, 0.3) is 11.0 Å². The minimum atomic E-state index is -0.447. The SMILES string of the molecule is CCC[C@@H](O)c1nc2ccccc2n1CC. The van der Waals surface area contributed by atoms with Gasteiger partial charge in [0.1, 0.15) is 11.9 Å². The maximum atomic E-state index is 10.1. The summed E-state index contributed by atoms with van der Waals surface area (Å²) in [6, 6.07) is 8.02. The third-order valence-corrected chi connectivity index (χ3v) is 2.86. The number of hydrogen-bond donors (Lipinski definition) is 1. The normalized spacial score (nSPS) is 13.2. The van der Waals surface area contributed by atoms with Gasteiger partial charge in [0.05, 0.1) is 11.0 Å². The fourth-order valence-corrected chi connectivity index (χ4v) is 2.08. The van der Waals surface area contributed by atoms with Crippen molar-refractivity contribution < 1.29 is 5.11 Å². The Morgan fingerprint density at radius 1 is 1.31 bits per heavy atom. The van der Waals surface area contributed by atoms with Gasteiger partial charge in [0.15, 0.2) is 0 Å². The summed E-state index contributed by atoms with van der Waals surface area (Å²) in [7, 11) is 0.